The van der Waals surface area contributed by atoms with Gasteiger partial charge in [-0.15, -0.1) is 0 Å². The fourth-order valence-corrected chi connectivity index (χ4v) is 1.29. The molecule has 0 spiro atoms. The average Bonchev–Trinajstić information content (AvgIpc) is 2.30. The number of hydrogen-bond acceptors (Lipinski definition) is 2. The molecule has 5 nitrogen and oxygen atoms in total. The van der Waals surface area contributed by atoms with Gasteiger partial charge in [-0.25, -0.2) is 9.59 Å². The van der Waals surface area contributed by atoms with Crippen LogP contribution >= 0.6 is 0 Å². The zero-order valence-corrected chi connectivity index (χ0v) is 11.0. The standard InChI is InChI=1S/C12H24N2O3/c1-4-6-7-10(11(15)16)14-12(17)13-8-9(3)5-2/h9-10H,4-8H2,1-3H3,(H,15,16)(H2,13,14,17)/t9?,10-/m0/s1. The van der Waals surface area contributed by atoms with E-state index in [2.05, 4.69) is 10.6 Å². The zero-order valence-electron chi connectivity index (χ0n) is 11.0. The highest BCUT2D eigenvalue weighted by atomic mass is 16.4. The van der Waals surface area contributed by atoms with Crippen molar-refractivity contribution in [2.45, 2.75) is 52.5 Å². The first-order valence-electron chi connectivity index (χ1n) is 6.28. The van der Waals surface area contributed by atoms with E-state index in [4.69, 9.17) is 5.11 Å². The van der Waals surface area contributed by atoms with Gasteiger partial charge in [-0.2, -0.15) is 0 Å². The number of aliphatic carboxylic acids is 1. The third-order valence-corrected chi connectivity index (χ3v) is 2.76. The Bertz CT molecular complexity index is 244. The molecule has 0 aromatic heterocycles. The number of amides is 2. The van der Waals surface area contributed by atoms with Crippen LogP contribution in [-0.2, 0) is 4.79 Å². The first-order valence-corrected chi connectivity index (χ1v) is 6.28. The van der Waals surface area contributed by atoms with Crippen molar-refractivity contribution in [3.8, 4) is 0 Å². The van der Waals surface area contributed by atoms with E-state index in [1.807, 2.05) is 20.8 Å². The molecule has 0 rings (SSSR count). The summed E-state index contributed by atoms with van der Waals surface area (Å²) in [5, 5.41) is 14.1. The van der Waals surface area contributed by atoms with Gasteiger partial charge in [0.05, 0.1) is 0 Å². The van der Waals surface area contributed by atoms with E-state index < -0.39 is 18.0 Å². The zero-order chi connectivity index (χ0) is 13.3. The van der Waals surface area contributed by atoms with Crippen LogP contribution in [0, 0.1) is 5.92 Å². The lowest BCUT2D eigenvalue weighted by atomic mass is 10.1. The fourth-order valence-electron chi connectivity index (χ4n) is 1.29. The molecule has 0 aromatic carbocycles. The summed E-state index contributed by atoms with van der Waals surface area (Å²) in [6, 6.07) is -1.18. The third kappa shape index (κ3) is 7.60. The van der Waals surface area contributed by atoms with Crippen LogP contribution < -0.4 is 10.6 Å². The maximum Gasteiger partial charge on any atom is 0.326 e. The molecule has 5 heteroatoms. The van der Waals surface area contributed by atoms with Crippen LogP contribution in [0.25, 0.3) is 0 Å². The quantitative estimate of drug-likeness (QED) is 0.611. The first-order chi connectivity index (χ1) is 8.01. The van der Waals surface area contributed by atoms with Crippen molar-refractivity contribution in [3.05, 3.63) is 0 Å². The van der Waals surface area contributed by atoms with Crippen LogP contribution in [0.2, 0.25) is 0 Å². The van der Waals surface area contributed by atoms with Crippen molar-refractivity contribution in [2.75, 3.05) is 6.54 Å². The number of rotatable bonds is 8. The van der Waals surface area contributed by atoms with Gasteiger partial charge in [0.15, 0.2) is 0 Å². The summed E-state index contributed by atoms with van der Waals surface area (Å²) in [6.07, 6.45) is 3.17. The normalized spacial score (nSPS) is 13.8. The summed E-state index contributed by atoms with van der Waals surface area (Å²) >= 11 is 0. The summed E-state index contributed by atoms with van der Waals surface area (Å²) in [5.74, 6) is -0.572. The van der Waals surface area contributed by atoms with Gasteiger partial charge in [0, 0.05) is 6.54 Å². The van der Waals surface area contributed by atoms with E-state index >= 15 is 0 Å². The van der Waals surface area contributed by atoms with Crippen LogP contribution in [0.15, 0.2) is 0 Å². The summed E-state index contributed by atoms with van der Waals surface area (Å²) in [6.45, 7) is 6.64. The summed E-state index contributed by atoms with van der Waals surface area (Å²) < 4.78 is 0. The number of carbonyl (C=O) groups excluding carboxylic acids is 1. The van der Waals surface area contributed by atoms with Gasteiger partial charge in [0.25, 0.3) is 0 Å². The third-order valence-electron chi connectivity index (χ3n) is 2.76. The maximum absolute atomic E-state index is 11.5. The molecule has 17 heavy (non-hydrogen) atoms. The second kappa shape index (κ2) is 8.84. The molecule has 3 N–H and O–H groups in total. The highest BCUT2D eigenvalue weighted by molar-refractivity contribution is 5.82. The van der Waals surface area contributed by atoms with Crippen LogP contribution in [0.3, 0.4) is 0 Å². The molecule has 2 amide bonds. The Morgan fingerprint density at radius 2 is 1.94 bits per heavy atom. The fraction of sp³-hybridized carbons (Fsp3) is 0.833. The molecule has 0 heterocycles. The molecule has 0 aliphatic carbocycles. The Morgan fingerprint density at radius 1 is 1.29 bits per heavy atom. The van der Waals surface area contributed by atoms with Gasteiger partial charge in [-0.1, -0.05) is 40.0 Å². The van der Waals surface area contributed by atoms with Gasteiger partial charge >= 0.3 is 12.0 Å². The average molecular weight is 244 g/mol. The molecule has 0 bridgehead atoms. The minimum absolute atomic E-state index is 0.395. The van der Waals surface area contributed by atoms with Gasteiger partial charge in [-0.05, 0) is 12.3 Å². The molecule has 0 aliphatic rings. The van der Waals surface area contributed by atoms with Crippen LogP contribution in [0.4, 0.5) is 4.79 Å². The topological polar surface area (TPSA) is 78.4 Å². The Kier molecular flexibility index (Phi) is 8.19. The van der Waals surface area contributed by atoms with Crippen molar-refractivity contribution in [3.63, 3.8) is 0 Å². The number of carbonyl (C=O) groups is 2. The van der Waals surface area contributed by atoms with Crippen molar-refractivity contribution < 1.29 is 14.7 Å². The predicted octanol–water partition coefficient (Wildman–Crippen LogP) is 1.98. The monoisotopic (exact) mass is 244 g/mol. The number of nitrogens with one attached hydrogen (secondary N) is 2. The number of carboxylic acid groups (broad SMARTS) is 1. The Balaban J connectivity index is 3.99. The molecular formula is C12H24N2O3. The van der Waals surface area contributed by atoms with E-state index in [1.165, 1.54) is 0 Å². The van der Waals surface area contributed by atoms with Gasteiger partial charge in [-0.3, -0.25) is 0 Å². The van der Waals surface area contributed by atoms with Crippen molar-refractivity contribution in [2.24, 2.45) is 5.92 Å². The van der Waals surface area contributed by atoms with Crippen molar-refractivity contribution in [1.82, 2.24) is 10.6 Å². The van der Waals surface area contributed by atoms with E-state index in [9.17, 15) is 9.59 Å². The van der Waals surface area contributed by atoms with E-state index in [1.54, 1.807) is 0 Å². The molecule has 0 saturated carbocycles. The highest BCUT2D eigenvalue weighted by Crippen LogP contribution is 2.01. The Labute approximate surface area is 103 Å². The molecule has 0 saturated heterocycles. The molecule has 1 unspecified atom stereocenters. The predicted molar refractivity (Wildman–Crippen MR) is 66.9 cm³/mol. The summed E-state index contributed by atoms with van der Waals surface area (Å²) in [7, 11) is 0. The van der Waals surface area contributed by atoms with Crippen LogP contribution in [-0.4, -0.2) is 29.7 Å². The summed E-state index contributed by atoms with van der Waals surface area (Å²) in [4.78, 5) is 22.3. The molecule has 0 fully saturated rings. The SMILES string of the molecule is CCCC[C@H](NC(=O)NCC(C)CC)C(=O)O. The number of hydrogen-bond donors (Lipinski definition) is 3. The molecule has 0 radical (unpaired) electrons. The second-order valence-corrected chi connectivity index (χ2v) is 4.40. The lowest BCUT2D eigenvalue weighted by molar-refractivity contribution is -0.139. The lowest BCUT2D eigenvalue weighted by Crippen LogP contribution is -2.46. The van der Waals surface area contributed by atoms with E-state index in [0.29, 0.717) is 18.9 Å². The molecule has 100 valence electrons. The van der Waals surface area contributed by atoms with Crippen molar-refractivity contribution >= 4 is 12.0 Å². The van der Waals surface area contributed by atoms with Gasteiger partial charge in [0.2, 0.25) is 0 Å². The molecule has 2 atom stereocenters. The minimum atomic E-state index is -0.975. The molecule has 0 aromatic rings. The van der Waals surface area contributed by atoms with Crippen LogP contribution in [0.5, 0.6) is 0 Å². The number of unbranched alkanes of at least 4 members (excludes halogenated alkanes) is 1. The van der Waals surface area contributed by atoms with Gasteiger partial charge in [0.1, 0.15) is 6.04 Å². The Hall–Kier alpha value is -1.26. The second-order valence-electron chi connectivity index (χ2n) is 4.40. The number of urea groups is 1. The minimum Gasteiger partial charge on any atom is -0.480 e. The van der Waals surface area contributed by atoms with Gasteiger partial charge < -0.3 is 15.7 Å². The first kappa shape index (κ1) is 15.7. The maximum atomic E-state index is 11.5. The summed E-state index contributed by atoms with van der Waals surface area (Å²) in [5.41, 5.74) is 0. The van der Waals surface area contributed by atoms with Crippen molar-refractivity contribution in [1.29, 1.82) is 0 Å². The largest absolute Gasteiger partial charge is 0.480 e. The molecule has 0 aliphatic heterocycles. The lowest BCUT2D eigenvalue weighted by Gasteiger charge is -2.16. The number of carboxylic acids is 1. The molecular weight excluding hydrogens is 220 g/mol. The van der Waals surface area contributed by atoms with Crippen LogP contribution in [0.1, 0.15) is 46.5 Å². The van der Waals surface area contributed by atoms with E-state index in [-0.39, 0.29) is 0 Å². The highest BCUT2D eigenvalue weighted by Gasteiger charge is 2.18. The smallest absolute Gasteiger partial charge is 0.326 e. The Morgan fingerprint density at radius 3 is 2.41 bits per heavy atom. The van der Waals surface area contributed by atoms with E-state index in [0.717, 1.165) is 19.3 Å².